The zero-order chi connectivity index (χ0) is 15.0. The first kappa shape index (κ1) is 13.8. The lowest BCUT2D eigenvalue weighted by Gasteiger charge is -2.07. The van der Waals surface area contributed by atoms with Crippen molar-refractivity contribution in [1.82, 2.24) is 19.7 Å². The smallest absolute Gasteiger partial charge is 0.163 e. The van der Waals surface area contributed by atoms with Gasteiger partial charge in [-0.25, -0.2) is 14.6 Å². The highest BCUT2D eigenvalue weighted by Crippen LogP contribution is 2.24. The summed E-state index contributed by atoms with van der Waals surface area (Å²) in [5.41, 5.74) is 8.73. The van der Waals surface area contributed by atoms with Crippen molar-refractivity contribution in [3.63, 3.8) is 0 Å². The maximum absolute atomic E-state index is 5.93. The summed E-state index contributed by atoms with van der Waals surface area (Å²) in [6.45, 7) is 3.92. The lowest BCUT2D eigenvalue weighted by Crippen LogP contribution is -2.06. The van der Waals surface area contributed by atoms with Gasteiger partial charge >= 0.3 is 0 Å². The molecule has 3 rings (SSSR count). The number of rotatable bonds is 2. The first-order valence-electron chi connectivity index (χ1n) is 6.48. The van der Waals surface area contributed by atoms with E-state index in [0.29, 0.717) is 17.5 Å². The fourth-order valence-corrected chi connectivity index (χ4v) is 2.37. The second kappa shape index (κ2) is 5.29. The second-order valence-corrected chi connectivity index (χ2v) is 5.53. The van der Waals surface area contributed by atoms with Gasteiger partial charge in [-0.3, -0.25) is 0 Å². The van der Waals surface area contributed by atoms with Crippen molar-refractivity contribution in [3.8, 4) is 17.2 Å². The Morgan fingerprint density at radius 1 is 1.10 bits per heavy atom. The molecule has 2 aromatic heterocycles. The lowest BCUT2D eigenvalue weighted by molar-refractivity contribution is 0.803. The maximum Gasteiger partial charge on any atom is 0.163 e. The molecule has 0 unspecified atom stereocenters. The molecule has 5 nitrogen and oxygen atoms in total. The van der Waals surface area contributed by atoms with Gasteiger partial charge in [-0.1, -0.05) is 30.3 Å². The SMILES string of the molecule is Cc1nn(-c2cc(N)nc(-c3ccccc3)n2)c(C)c1Br. The van der Waals surface area contributed by atoms with Crippen LogP contribution < -0.4 is 5.73 Å². The third kappa shape index (κ3) is 2.54. The number of nitrogens with zero attached hydrogens (tertiary/aromatic N) is 4. The zero-order valence-electron chi connectivity index (χ0n) is 11.7. The molecule has 0 amide bonds. The molecule has 6 heteroatoms. The van der Waals surface area contributed by atoms with Gasteiger partial charge in [0.05, 0.1) is 15.9 Å². The predicted molar refractivity (Wildman–Crippen MR) is 86.2 cm³/mol. The summed E-state index contributed by atoms with van der Waals surface area (Å²) in [5.74, 6) is 1.67. The van der Waals surface area contributed by atoms with E-state index < -0.39 is 0 Å². The number of hydrogen-bond acceptors (Lipinski definition) is 4. The van der Waals surface area contributed by atoms with Crippen LogP contribution in [0, 0.1) is 13.8 Å². The van der Waals surface area contributed by atoms with E-state index in [9.17, 15) is 0 Å². The van der Waals surface area contributed by atoms with Gasteiger partial charge in [0.15, 0.2) is 11.6 Å². The Balaban J connectivity index is 2.16. The lowest BCUT2D eigenvalue weighted by atomic mass is 10.2. The quantitative estimate of drug-likeness (QED) is 0.774. The molecule has 0 spiro atoms. The summed E-state index contributed by atoms with van der Waals surface area (Å²) in [7, 11) is 0. The minimum Gasteiger partial charge on any atom is -0.384 e. The standard InChI is InChI=1S/C15H14BrN5/c1-9-14(16)10(2)21(20-9)13-8-12(17)18-15(19-13)11-6-4-3-5-7-11/h3-8H,1-2H3,(H2,17,18,19). The fourth-order valence-electron chi connectivity index (χ4n) is 2.12. The average Bonchev–Trinajstić information content (AvgIpc) is 2.75. The van der Waals surface area contributed by atoms with Crippen molar-refractivity contribution in [2.24, 2.45) is 0 Å². The van der Waals surface area contributed by atoms with Gasteiger partial charge in [-0.15, -0.1) is 0 Å². The van der Waals surface area contributed by atoms with E-state index in [4.69, 9.17) is 5.73 Å². The number of anilines is 1. The topological polar surface area (TPSA) is 69.6 Å². The van der Waals surface area contributed by atoms with Crippen LogP contribution >= 0.6 is 15.9 Å². The van der Waals surface area contributed by atoms with Crippen LogP contribution in [-0.2, 0) is 0 Å². The van der Waals surface area contributed by atoms with Crippen LogP contribution in [0.3, 0.4) is 0 Å². The molecule has 0 atom stereocenters. The van der Waals surface area contributed by atoms with Crippen LogP contribution in [0.5, 0.6) is 0 Å². The summed E-state index contributed by atoms with van der Waals surface area (Å²) in [5, 5.41) is 4.48. The number of halogens is 1. The minimum atomic E-state index is 0.419. The molecule has 106 valence electrons. The molecule has 0 aliphatic carbocycles. The van der Waals surface area contributed by atoms with E-state index in [1.54, 1.807) is 10.7 Å². The van der Waals surface area contributed by atoms with E-state index in [2.05, 4.69) is 31.0 Å². The van der Waals surface area contributed by atoms with Gasteiger partial charge in [0.1, 0.15) is 5.82 Å². The molecule has 0 fully saturated rings. The van der Waals surface area contributed by atoms with Crippen LogP contribution in [0.1, 0.15) is 11.4 Å². The monoisotopic (exact) mass is 343 g/mol. The highest BCUT2D eigenvalue weighted by atomic mass is 79.9. The zero-order valence-corrected chi connectivity index (χ0v) is 13.3. The summed E-state index contributed by atoms with van der Waals surface area (Å²) in [4.78, 5) is 8.88. The van der Waals surface area contributed by atoms with Crippen LogP contribution in [0.2, 0.25) is 0 Å². The Morgan fingerprint density at radius 3 is 2.43 bits per heavy atom. The highest BCUT2D eigenvalue weighted by Gasteiger charge is 2.13. The van der Waals surface area contributed by atoms with Crippen molar-refractivity contribution >= 4 is 21.7 Å². The highest BCUT2D eigenvalue weighted by molar-refractivity contribution is 9.10. The molecule has 2 N–H and O–H groups in total. The summed E-state index contributed by atoms with van der Waals surface area (Å²) in [6.07, 6.45) is 0. The number of nitrogens with two attached hydrogens (primary N) is 1. The van der Waals surface area contributed by atoms with Crippen LogP contribution in [0.25, 0.3) is 17.2 Å². The molecule has 0 saturated carbocycles. The first-order chi connectivity index (χ1) is 10.1. The number of aromatic nitrogens is 4. The average molecular weight is 344 g/mol. The van der Waals surface area contributed by atoms with E-state index in [1.807, 2.05) is 44.2 Å². The Kier molecular flexibility index (Phi) is 3.47. The Bertz CT molecular complexity index is 795. The Hall–Kier alpha value is -2.21. The predicted octanol–water partition coefficient (Wildman–Crippen LogP) is 3.29. The van der Waals surface area contributed by atoms with Crippen molar-refractivity contribution in [2.45, 2.75) is 13.8 Å². The Morgan fingerprint density at radius 2 is 1.81 bits per heavy atom. The van der Waals surface area contributed by atoms with Gasteiger partial charge in [0, 0.05) is 11.6 Å². The molecule has 3 aromatic rings. The van der Waals surface area contributed by atoms with E-state index in [1.165, 1.54) is 0 Å². The molecular formula is C15H14BrN5. The third-order valence-electron chi connectivity index (χ3n) is 3.18. The number of benzene rings is 1. The molecule has 2 heterocycles. The number of hydrogen-bond donors (Lipinski definition) is 1. The maximum atomic E-state index is 5.93. The molecule has 21 heavy (non-hydrogen) atoms. The van der Waals surface area contributed by atoms with Crippen molar-refractivity contribution < 1.29 is 0 Å². The van der Waals surface area contributed by atoms with E-state index in [-0.39, 0.29) is 0 Å². The van der Waals surface area contributed by atoms with Gasteiger partial charge in [-0.2, -0.15) is 5.10 Å². The first-order valence-corrected chi connectivity index (χ1v) is 7.27. The van der Waals surface area contributed by atoms with Crippen molar-refractivity contribution in [1.29, 1.82) is 0 Å². The molecular weight excluding hydrogens is 330 g/mol. The molecule has 0 aliphatic heterocycles. The molecule has 1 aromatic carbocycles. The van der Waals surface area contributed by atoms with Crippen molar-refractivity contribution in [3.05, 3.63) is 52.3 Å². The van der Waals surface area contributed by atoms with Crippen LogP contribution in [0.4, 0.5) is 5.82 Å². The van der Waals surface area contributed by atoms with Gasteiger partial charge in [-0.05, 0) is 29.8 Å². The van der Waals surface area contributed by atoms with Crippen LogP contribution in [0.15, 0.2) is 40.9 Å². The summed E-state index contributed by atoms with van der Waals surface area (Å²) >= 11 is 3.52. The summed E-state index contributed by atoms with van der Waals surface area (Å²) < 4.78 is 2.74. The number of aryl methyl sites for hydroxylation is 1. The Labute approximate surface area is 131 Å². The van der Waals surface area contributed by atoms with E-state index in [0.717, 1.165) is 21.4 Å². The van der Waals surface area contributed by atoms with Gasteiger partial charge < -0.3 is 5.73 Å². The third-order valence-corrected chi connectivity index (χ3v) is 4.33. The normalized spacial score (nSPS) is 10.8. The largest absolute Gasteiger partial charge is 0.384 e. The van der Waals surface area contributed by atoms with Gasteiger partial charge in [0.2, 0.25) is 0 Å². The van der Waals surface area contributed by atoms with Crippen LogP contribution in [-0.4, -0.2) is 19.7 Å². The molecule has 0 radical (unpaired) electrons. The minimum absolute atomic E-state index is 0.419. The van der Waals surface area contributed by atoms with E-state index >= 15 is 0 Å². The fraction of sp³-hybridized carbons (Fsp3) is 0.133. The second-order valence-electron chi connectivity index (χ2n) is 4.74. The number of nitrogen functional groups attached to an aromatic ring is 1. The molecule has 0 bridgehead atoms. The molecule has 0 saturated heterocycles. The summed E-state index contributed by atoms with van der Waals surface area (Å²) in [6, 6.07) is 11.5. The van der Waals surface area contributed by atoms with Crippen molar-refractivity contribution in [2.75, 3.05) is 5.73 Å². The van der Waals surface area contributed by atoms with Gasteiger partial charge in [0.25, 0.3) is 0 Å². The molecule has 0 aliphatic rings.